The van der Waals surface area contributed by atoms with Crippen molar-refractivity contribution in [2.75, 3.05) is 31.1 Å². The first-order valence-electron chi connectivity index (χ1n) is 20.8. The summed E-state index contributed by atoms with van der Waals surface area (Å²) in [6.07, 6.45) is 10.8. The second kappa shape index (κ2) is 13.9. The van der Waals surface area contributed by atoms with Gasteiger partial charge in [0.15, 0.2) is 6.54 Å². The van der Waals surface area contributed by atoms with Crippen LogP contribution in [0, 0.1) is 6.92 Å². The fourth-order valence-electron chi connectivity index (χ4n) is 10.5. The number of fused-ring (bicyclic) bond motifs is 6. The number of anilines is 1. The van der Waals surface area contributed by atoms with Crippen molar-refractivity contribution in [2.45, 2.75) is 72.4 Å². The quantitative estimate of drug-likeness (QED) is 0.0655. The number of nitrogens with zero attached hydrogens (tertiary/aromatic N) is 2. The predicted molar refractivity (Wildman–Crippen MR) is 241 cm³/mol. The Morgan fingerprint density at radius 2 is 1.42 bits per heavy atom. The predicted octanol–water partition coefficient (Wildman–Crippen LogP) is 9.04. The van der Waals surface area contributed by atoms with Gasteiger partial charge < -0.3 is 4.90 Å². The van der Waals surface area contributed by atoms with E-state index in [9.17, 15) is 0 Å². The maximum atomic E-state index is 4.13. The molecular weight excluding hydrogens is 681 g/mol. The number of aryl methyl sites for hydroxylation is 5. The van der Waals surface area contributed by atoms with Gasteiger partial charge in [0.2, 0.25) is 5.36 Å². The molecule has 0 aliphatic carbocycles. The summed E-state index contributed by atoms with van der Waals surface area (Å²) in [5, 5.41) is 11.6. The van der Waals surface area contributed by atoms with Crippen LogP contribution < -0.4 is 30.4 Å². The molecule has 0 bridgehead atoms. The Hall–Kier alpha value is -4.99. The molecule has 2 nitrogen and oxygen atoms in total. The Labute approximate surface area is 328 Å². The molecule has 3 aliphatic heterocycles. The SMILES string of the molecule is C=CCN1CCCc2cc3c(cc21)[Si](C)(C)c1cc2c(cc1=C3c1cc(-c3ccc4c(CC)c5ccccc5c(CC)c4c3)ccc1C)CCC[N+]=2CC=C. The Bertz CT molecular complexity index is 2710. The van der Waals surface area contributed by atoms with Crippen molar-refractivity contribution in [3.63, 3.8) is 0 Å². The Morgan fingerprint density at radius 3 is 2.16 bits per heavy atom. The summed E-state index contributed by atoms with van der Waals surface area (Å²) in [7, 11) is -2.12. The van der Waals surface area contributed by atoms with Crippen molar-refractivity contribution in [3.05, 3.63) is 160 Å². The molecular formula is C52H55N2Si+. The first kappa shape index (κ1) is 35.7. The molecule has 6 aromatic rings. The van der Waals surface area contributed by atoms with Gasteiger partial charge >= 0.3 is 0 Å². The van der Waals surface area contributed by atoms with Gasteiger partial charge in [-0.2, -0.15) is 0 Å². The molecule has 0 aromatic heterocycles. The fourth-order valence-corrected chi connectivity index (χ4v) is 13.5. The van der Waals surface area contributed by atoms with Crippen molar-refractivity contribution in [1.82, 2.24) is 4.58 Å². The van der Waals surface area contributed by atoms with Crippen LogP contribution in [0.2, 0.25) is 13.1 Å². The van der Waals surface area contributed by atoms with Crippen molar-refractivity contribution < 1.29 is 0 Å². The van der Waals surface area contributed by atoms with Crippen LogP contribution in [0.15, 0.2) is 110 Å². The Balaban J connectivity index is 1.33. The summed E-state index contributed by atoms with van der Waals surface area (Å²) in [6, 6.07) is 34.0. The minimum absolute atomic E-state index is 0.896. The van der Waals surface area contributed by atoms with E-state index in [1.807, 2.05) is 0 Å². The number of benzene rings is 6. The van der Waals surface area contributed by atoms with Crippen LogP contribution in [0.5, 0.6) is 0 Å². The first-order chi connectivity index (χ1) is 26.8. The lowest BCUT2D eigenvalue weighted by Gasteiger charge is -2.38. The van der Waals surface area contributed by atoms with Gasteiger partial charge in [-0.25, -0.2) is 4.58 Å². The van der Waals surface area contributed by atoms with Crippen LogP contribution in [0.25, 0.3) is 38.2 Å². The molecule has 0 radical (unpaired) electrons. The van der Waals surface area contributed by atoms with Crippen LogP contribution in [0.1, 0.15) is 65.6 Å². The highest BCUT2D eigenvalue weighted by Gasteiger charge is 2.38. The molecule has 276 valence electrons. The second-order valence-electron chi connectivity index (χ2n) is 16.7. The summed E-state index contributed by atoms with van der Waals surface area (Å²) in [5.74, 6) is 0. The van der Waals surface area contributed by atoms with Gasteiger partial charge in [-0.05, 0) is 163 Å². The maximum absolute atomic E-state index is 4.13. The van der Waals surface area contributed by atoms with Crippen LogP contribution >= 0.6 is 0 Å². The van der Waals surface area contributed by atoms with E-state index in [1.165, 1.54) is 106 Å². The third-order valence-corrected chi connectivity index (χ3v) is 16.8. The lowest BCUT2D eigenvalue weighted by Crippen LogP contribution is -2.64. The van der Waals surface area contributed by atoms with E-state index in [0.717, 1.165) is 51.9 Å². The summed E-state index contributed by atoms with van der Waals surface area (Å²) in [4.78, 5) is 2.56. The van der Waals surface area contributed by atoms with E-state index < -0.39 is 8.07 Å². The summed E-state index contributed by atoms with van der Waals surface area (Å²) < 4.78 is 2.56. The normalized spacial score (nSPS) is 15.8. The van der Waals surface area contributed by atoms with Gasteiger partial charge in [-0.15, -0.1) is 6.58 Å². The van der Waals surface area contributed by atoms with E-state index in [2.05, 4.69) is 154 Å². The van der Waals surface area contributed by atoms with E-state index >= 15 is 0 Å². The second-order valence-corrected chi connectivity index (χ2v) is 21.1. The van der Waals surface area contributed by atoms with Gasteiger partial charge in [-0.1, -0.05) is 88.1 Å². The maximum Gasteiger partial charge on any atom is 0.203 e. The van der Waals surface area contributed by atoms with Crippen molar-refractivity contribution >= 4 is 51.3 Å². The molecule has 0 N–H and O–H groups in total. The highest BCUT2D eigenvalue weighted by molar-refractivity contribution is 7.01. The lowest BCUT2D eigenvalue weighted by molar-refractivity contribution is 0.557. The van der Waals surface area contributed by atoms with Gasteiger partial charge in [0, 0.05) is 36.8 Å². The Kier molecular flexibility index (Phi) is 9.05. The largest absolute Gasteiger partial charge is 0.368 e. The van der Waals surface area contributed by atoms with Crippen LogP contribution in [0.4, 0.5) is 5.69 Å². The molecule has 0 amide bonds. The van der Waals surface area contributed by atoms with Crippen molar-refractivity contribution in [2.24, 2.45) is 0 Å². The molecule has 3 heteroatoms. The van der Waals surface area contributed by atoms with Gasteiger partial charge in [0.25, 0.3) is 0 Å². The smallest absolute Gasteiger partial charge is 0.203 e. The van der Waals surface area contributed by atoms with Crippen molar-refractivity contribution in [1.29, 1.82) is 0 Å². The van der Waals surface area contributed by atoms with Crippen LogP contribution in [0.3, 0.4) is 0 Å². The minimum atomic E-state index is -2.12. The number of hydrogen-bond donors (Lipinski definition) is 0. The highest BCUT2D eigenvalue weighted by atomic mass is 28.3. The standard InChI is InChI=1S/C52H55N2Si/c1-8-24-53-26-14-16-37-30-46-50(32-48(37)53)55(6,7)51-33-49-38(17-15-27-54(49)25-9-2)31-47(51)52(46)44-28-35(21-20-34(44)5)36-22-23-43-39(10-3)41-18-12-13-19-42(41)40(11-4)45(43)29-36/h8-9,12-13,18-23,28-33H,1-2,10-11,14-17,24-27H2,3-7H3/q+1. The summed E-state index contributed by atoms with van der Waals surface area (Å²) in [6.45, 7) is 24.4. The van der Waals surface area contributed by atoms with Gasteiger partial charge in [-0.3, -0.25) is 0 Å². The Morgan fingerprint density at radius 1 is 0.709 bits per heavy atom. The van der Waals surface area contributed by atoms with Crippen molar-refractivity contribution in [3.8, 4) is 11.1 Å². The third kappa shape index (κ3) is 5.69. The molecule has 0 saturated carbocycles. The molecule has 6 aromatic carbocycles. The summed E-state index contributed by atoms with van der Waals surface area (Å²) in [5.41, 5.74) is 15.5. The van der Waals surface area contributed by atoms with Crippen LogP contribution in [-0.4, -0.2) is 34.3 Å². The molecule has 0 spiro atoms. The zero-order valence-corrected chi connectivity index (χ0v) is 34.6. The lowest BCUT2D eigenvalue weighted by atomic mass is 9.85. The average molecular weight is 736 g/mol. The molecule has 0 unspecified atom stereocenters. The first-order valence-corrected chi connectivity index (χ1v) is 23.8. The highest BCUT2D eigenvalue weighted by Crippen LogP contribution is 2.39. The minimum Gasteiger partial charge on any atom is -0.368 e. The molecule has 9 rings (SSSR count). The van der Waals surface area contributed by atoms with Gasteiger partial charge in [0.1, 0.15) is 14.6 Å². The monoisotopic (exact) mass is 735 g/mol. The average Bonchev–Trinajstić information content (AvgIpc) is 3.20. The molecule has 0 saturated heterocycles. The zero-order chi connectivity index (χ0) is 38.0. The third-order valence-electron chi connectivity index (χ3n) is 13.2. The molecule has 0 fully saturated rings. The number of rotatable bonds is 8. The molecule has 3 aliphatic rings. The number of hydrogen-bond acceptors (Lipinski definition) is 1. The van der Waals surface area contributed by atoms with Crippen LogP contribution in [-0.2, 0) is 25.7 Å². The van der Waals surface area contributed by atoms with Gasteiger partial charge in [0.05, 0.1) is 0 Å². The summed E-state index contributed by atoms with van der Waals surface area (Å²) >= 11 is 0. The van der Waals surface area contributed by atoms with E-state index in [0.29, 0.717) is 0 Å². The fraction of sp³-hybridized carbons (Fsp3) is 0.288. The van der Waals surface area contributed by atoms with E-state index in [4.69, 9.17) is 0 Å². The molecule has 3 heterocycles. The molecule has 0 atom stereocenters. The van der Waals surface area contributed by atoms with E-state index in [1.54, 1.807) is 10.4 Å². The van der Waals surface area contributed by atoms with E-state index in [-0.39, 0.29) is 0 Å². The topological polar surface area (TPSA) is 6.25 Å². The molecule has 55 heavy (non-hydrogen) atoms. The zero-order valence-electron chi connectivity index (χ0n) is 33.6.